The second-order valence-electron chi connectivity index (χ2n) is 4.94. The normalized spacial score (nSPS) is 14.4. The van der Waals surface area contributed by atoms with Gasteiger partial charge in [0.15, 0.2) is 0 Å². The molecule has 2 heterocycles. The highest BCUT2D eigenvalue weighted by Crippen LogP contribution is 2.36. The van der Waals surface area contributed by atoms with Gasteiger partial charge in [0.25, 0.3) is 0 Å². The van der Waals surface area contributed by atoms with E-state index in [1.54, 1.807) is 0 Å². The number of aromatic nitrogens is 6. The van der Waals surface area contributed by atoms with Crippen molar-refractivity contribution in [1.29, 1.82) is 0 Å². The Morgan fingerprint density at radius 2 is 2.18 bits per heavy atom. The summed E-state index contributed by atoms with van der Waals surface area (Å²) in [5.41, 5.74) is 0.890. The van der Waals surface area contributed by atoms with Crippen molar-refractivity contribution in [1.82, 2.24) is 30.4 Å². The van der Waals surface area contributed by atoms with E-state index < -0.39 is 0 Å². The summed E-state index contributed by atoms with van der Waals surface area (Å²) in [6, 6.07) is 8.22. The van der Waals surface area contributed by atoms with Gasteiger partial charge in [-0.3, -0.25) is 0 Å². The number of benzene rings is 1. The Hall–Kier alpha value is -1.74. The minimum atomic E-state index is 0.456. The largest absolute Gasteiger partial charge is 0.420 e. The molecule has 0 bridgehead atoms. The number of nitrogens with zero attached hydrogens (tertiary/aromatic N) is 6. The maximum absolute atomic E-state index is 5.70. The van der Waals surface area contributed by atoms with Crippen LogP contribution in [0, 0.1) is 0 Å². The Kier molecular flexibility index (Phi) is 3.67. The third-order valence-corrected chi connectivity index (χ3v) is 4.63. The average molecular weight is 379 g/mol. The molecule has 0 spiro atoms. The topological polar surface area (TPSA) is 82.5 Å². The fourth-order valence-corrected chi connectivity index (χ4v) is 3.19. The summed E-state index contributed by atoms with van der Waals surface area (Å²) in [5, 5.41) is 20.7. The SMILES string of the molecule is Brc1cccc(-c2nnc(CSc3nnnn3C3CC3)o2)c1. The molecule has 1 aliphatic rings. The van der Waals surface area contributed by atoms with E-state index >= 15 is 0 Å². The zero-order chi connectivity index (χ0) is 14.9. The molecule has 3 aromatic rings. The molecule has 1 fully saturated rings. The molecular formula is C13H11BrN6OS. The molecule has 0 saturated heterocycles. The van der Waals surface area contributed by atoms with E-state index in [2.05, 4.69) is 41.7 Å². The lowest BCUT2D eigenvalue weighted by Crippen LogP contribution is -1.98. The molecule has 1 aromatic carbocycles. The summed E-state index contributed by atoms with van der Waals surface area (Å²) in [4.78, 5) is 0. The summed E-state index contributed by atoms with van der Waals surface area (Å²) >= 11 is 4.94. The van der Waals surface area contributed by atoms with Crippen LogP contribution >= 0.6 is 27.7 Å². The smallest absolute Gasteiger partial charge is 0.247 e. The fraction of sp³-hybridized carbons (Fsp3) is 0.308. The molecule has 22 heavy (non-hydrogen) atoms. The van der Waals surface area contributed by atoms with E-state index in [9.17, 15) is 0 Å². The third-order valence-electron chi connectivity index (χ3n) is 3.22. The molecule has 4 rings (SSSR count). The number of halogens is 1. The van der Waals surface area contributed by atoms with Gasteiger partial charge >= 0.3 is 0 Å². The van der Waals surface area contributed by atoms with Crippen LogP contribution < -0.4 is 0 Å². The molecule has 1 saturated carbocycles. The number of hydrogen-bond acceptors (Lipinski definition) is 7. The van der Waals surface area contributed by atoms with Crippen molar-refractivity contribution in [3.8, 4) is 11.5 Å². The zero-order valence-corrected chi connectivity index (χ0v) is 13.8. The second-order valence-corrected chi connectivity index (χ2v) is 6.80. The van der Waals surface area contributed by atoms with Gasteiger partial charge in [0.05, 0.1) is 11.8 Å². The zero-order valence-electron chi connectivity index (χ0n) is 11.4. The van der Waals surface area contributed by atoms with Gasteiger partial charge in [-0.1, -0.05) is 33.8 Å². The molecule has 0 radical (unpaired) electrons. The van der Waals surface area contributed by atoms with Crippen LogP contribution in [0.2, 0.25) is 0 Å². The number of hydrogen-bond donors (Lipinski definition) is 0. The van der Waals surface area contributed by atoms with E-state index in [0.29, 0.717) is 23.6 Å². The summed E-state index contributed by atoms with van der Waals surface area (Å²) in [7, 11) is 0. The molecule has 0 atom stereocenters. The van der Waals surface area contributed by atoms with Crippen LogP contribution in [0.4, 0.5) is 0 Å². The van der Waals surface area contributed by atoms with Crippen molar-refractivity contribution in [3.05, 3.63) is 34.6 Å². The van der Waals surface area contributed by atoms with E-state index in [0.717, 1.165) is 28.0 Å². The number of rotatable bonds is 5. The Balaban J connectivity index is 1.47. The first-order valence-electron chi connectivity index (χ1n) is 6.78. The van der Waals surface area contributed by atoms with Crippen LogP contribution in [0.3, 0.4) is 0 Å². The van der Waals surface area contributed by atoms with Gasteiger partial charge in [-0.05, 0) is 41.5 Å². The molecular weight excluding hydrogens is 368 g/mol. The maximum atomic E-state index is 5.70. The van der Waals surface area contributed by atoms with Gasteiger partial charge in [-0.15, -0.1) is 15.3 Å². The molecule has 0 aliphatic heterocycles. The minimum absolute atomic E-state index is 0.456. The number of thioether (sulfide) groups is 1. The standard InChI is InChI=1S/C13H11BrN6OS/c14-9-3-1-2-8(6-9)12-16-15-11(21-12)7-22-13-17-18-19-20(13)10-4-5-10/h1-3,6,10H,4-5,7H2. The van der Waals surface area contributed by atoms with E-state index in [1.165, 1.54) is 11.8 Å². The van der Waals surface area contributed by atoms with Crippen LogP contribution in [0.25, 0.3) is 11.5 Å². The highest BCUT2D eigenvalue weighted by molar-refractivity contribution is 9.10. The van der Waals surface area contributed by atoms with Crippen molar-refractivity contribution in [3.63, 3.8) is 0 Å². The molecule has 0 amide bonds. The van der Waals surface area contributed by atoms with Gasteiger partial charge in [-0.25, -0.2) is 4.68 Å². The Labute approximate surface area is 138 Å². The predicted octanol–water partition coefficient (Wildman–Crippen LogP) is 3.11. The predicted molar refractivity (Wildman–Crippen MR) is 83.1 cm³/mol. The molecule has 1 aliphatic carbocycles. The minimum Gasteiger partial charge on any atom is -0.420 e. The van der Waals surface area contributed by atoms with Gasteiger partial charge in [0, 0.05) is 10.0 Å². The molecule has 7 nitrogen and oxygen atoms in total. The van der Waals surface area contributed by atoms with Gasteiger partial charge in [-0.2, -0.15) is 0 Å². The molecule has 2 aromatic heterocycles. The first kappa shape index (κ1) is 13.9. The lowest BCUT2D eigenvalue weighted by Gasteiger charge is -1.99. The van der Waals surface area contributed by atoms with Crippen LogP contribution in [0.15, 0.2) is 38.3 Å². The lowest BCUT2D eigenvalue weighted by molar-refractivity contribution is 0.527. The van der Waals surface area contributed by atoms with E-state index in [-0.39, 0.29) is 0 Å². The van der Waals surface area contributed by atoms with Crippen molar-refractivity contribution < 1.29 is 4.42 Å². The summed E-state index contributed by atoms with van der Waals surface area (Å²) in [6.07, 6.45) is 2.29. The van der Waals surface area contributed by atoms with Crippen LogP contribution in [-0.4, -0.2) is 30.4 Å². The first-order chi connectivity index (χ1) is 10.8. The Bertz CT molecular complexity index is 799. The summed E-state index contributed by atoms with van der Waals surface area (Å²) in [5.74, 6) is 1.62. The van der Waals surface area contributed by atoms with Crippen LogP contribution in [-0.2, 0) is 5.75 Å². The van der Waals surface area contributed by atoms with Crippen LogP contribution in [0.1, 0.15) is 24.8 Å². The molecule has 112 valence electrons. The van der Waals surface area contributed by atoms with Crippen LogP contribution in [0.5, 0.6) is 0 Å². The maximum Gasteiger partial charge on any atom is 0.247 e. The van der Waals surface area contributed by atoms with Gasteiger partial charge < -0.3 is 4.42 Å². The summed E-state index contributed by atoms with van der Waals surface area (Å²) < 4.78 is 8.54. The average Bonchev–Trinajstić information content (AvgIpc) is 3.08. The van der Waals surface area contributed by atoms with Crippen molar-refractivity contribution in [2.45, 2.75) is 29.8 Å². The fourth-order valence-electron chi connectivity index (χ4n) is 2.01. The van der Waals surface area contributed by atoms with Crippen molar-refractivity contribution >= 4 is 27.7 Å². The highest BCUT2D eigenvalue weighted by Gasteiger charge is 2.28. The quantitative estimate of drug-likeness (QED) is 0.630. The molecule has 0 N–H and O–H groups in total. The van der Waals surface area contributed by atoms with Gasteiger partial charge in [0.2, 0.25) is 16.9 Å². The van der Waals surface area contributed by atoms with Gasteiger partial charge in [0.1, 0.15) is 0 Å². The second kappa shape index (κ2) is 5.81. The Morgan fingerprint density at radius 1 is 1.27 bits per heavy atom. The van der Waals surface area contributed by atoms with Crippen molar-refractivity contribution in [2.24, 2.45) is 0 Å². The first-order valence-corrected chi connectivity index (χ1v) is 8.56. The Morgan fingerprint density at radius 3 is 3.00 bits per heavy atom. The highest BCUT2D eigenvalue weighted by atomic mass is 79.9. The monoisotopic (exact) mass is 378 g/mol. The lowest BCUT2D eigenvalue weighted by atomic mass is 10.2. The number of tetrazole rings is 1. The van der Waals surface area contributed by atoms with Crippen molar-refractivity contribution in [2.75, 3.05) is 0 Å². The van der Waals surface area contributed by atoms with E-state index in [4.69, 9.17) is 4.42 Å². The van der Waals surface area contributed by atoms with E-state index in [1.807, 2.05) is 28.9 Å². The molecule has 9 heteroatoms. The summed E-state index contributed by atoms with van der Waals surface area (Å²) in [6.45, 7) is 0. The third kappa shape index (κ3) is 2.91. The molecule has 0 unspecified atom stereocenters.